The van der Waals surface area contributed by atoms with Gasteiger partial charge in [-0.05, 0) is 30.7 Å². The first kappa shape index (κ1) is 16.1. The first-order valence-electron chi connectivity index (χ1n) is 7.34. The van der Waals surface area contributed by atoms with Crippen molar-refractivity contribution >= 4 is 40.1 Å². The number of aromatic amines is 1. The predicted octanol–water partition coefficient (Wildman–Crippen LogP) is 4.01. The van der Waals surface area contributed by atoms with E-state index in [2.05, 4.69) is 10.3 Å². The van der Waals surface area contributed by atoms with Gasteiger partial charge in [0.15, 0.2) is 0 Å². The van der Waals surface area contributed by atoms with Crippen LogP contribution in [0.1, 0.15) is 21.6 Å². The highest BCUT2D eigenvalue weighted by Gasteiger charge is 2.19. The zero-order chi connectivity index (χ0) is 17.3. The standard InChI is InChI=1S/C18H15ClN2O3/c1-10-6-7-15(13(19)8-10)20-16(22)9-12-11-4-2-3-5-14(11)21-17(12)18(23)24/h2-8,21H,9H2,1H3,(H,20,22)(H,23,24). The molecule has 0 aliphatic heterocycles. The molecule has 0 spiro atoms. The zero-order valence-corrected chi connectivity index (χ0v) is 13.6. The number of H-pyrrole nitrogens is 1. The number of anilines is 1. The van der Waals surface area contributed by atoms with E-state index in [1.807, 2.05) is 13.0 Å². The van der Waals surface area contributed by atoms with Crippen molar-refractivity contribution in [2.45, 2.75) is 13.3 Å². The third-order valence-electron chi connectivity index (χ3n) is 3.76. The Bertz CT molecular complexity index is 947. The third kappa shape index (κ3) is 3.12. The molecule has 0 bridgehead atoms. The Hall–Kier alpha value is -2.79. The van der Waals surface area contributed by atoms with Crippen LogP contribution in [0.25, 0.3) is 10.9 Å². The fraction of sp³-hybridized carbons (Fsp3) is 0.111. The van der Waals surface area contributed by atoms with Crippen molar-refractivity contribution in [3.05, 3.63) is 64.3 Å². The lowest BCUT2D eigenvalue weighted by atomic mass is 10.1. The van der Waals surface area contributed by atoms with Gasteiger partial charge in [0.25, 0.3) is 0 Å². The molecule has 5 nitrogen and oxygen atoms in total. The molecule has 0 unspecified atom stereocenters. The number of carbonyl (C=O) groups is 2. The summed E-state index contributed by atoms with van der Waals surface area (Å²) in [6, 6.07) is 12.5. The fourth-order valence-electron chi connectivity index (χ4n) is 2.64. The van der Waals surface area contributed by atoms with Gasteiger partial charge in [-0.3, -0.25) is 4.79 Å². The van der Waals surface area contributed by atoms with Crippen LogP contribution in [0, 0.1) is 6.92 Å². The number of halogens is 1. The molecule has 0 saturated carbocycles. The highest BCUT2D eigenvalue weighted by molar-refractivity contribution is 6.33. The van der Waals surface area contributed by atoms with Gasteiger partial charge in [0.1, 0.15) is 5.69 Å². The molecule has 1 amide bonds. The van der Waals surface area contributed by atoms with E-state index >= 15 is 0 Å². The number of carboxylic acids is 1. The van der Waals surface area contributed by atoms with Gasteiger partial charge in [0, 0.05) is 16.5 Å². The molecule has 122 valence electrons. The van der Waals surface area contributed by atoms with Gasteiger partial charge >= 0.3 is 5.97 Å². The van der Waals surface area contributed by atoms with Crippen molar-refractivity contribution < 1.29 is 14.7 Å². The average molecular weight is 343 g/mol. The van der Waals surface area contributed by atoms with Crippen LogP contribution in [0.4, 0.5) is 5.69 Å². The maximum Gasteiger partial charge on any atom is 0.352 e. The average Bonchev–Trinajstić information content (AvgIpc) is 2.89. The zero-order valence-electron chi connectivity index (χ0n) is 12.9. The van der Waals surface area contributed by atoms with Crippen molar-refractivity contribution in [1.29, 1.82) is 0 Å². The number of fused-ring (bicyclic) bond motifs is 1. The highest BCUT2D eigenvalue weighted by atomic mass is 35.5. The van der Waals surface area contributed by atoms with E-state index in [0.29, 0.717) is 21.8 Å². The van der Waals surface area contributed by atoms with Crippen molar-refractivity contribution in [3.63, 3.8) is 0 Å². The van der Waals surface area contributed by atoms with Gasteiger partial charge in [-0.15, -0.1) is 0 Å². The second-order valence-electron chi connectivity index (χ2n) is 5.54. The number of aromatic nitrogens is 1. The lowest BCUT2D eigenvalue weighted by molar-refractivity contribution is -0.115. The molecule has 1 aromatic heterocycles. The van der Waals surface area contributed by atoms with E-state index in [4.69, 9.17) is 11.6 Å². The van der Waals surface area contributed by atoms with Crippen LogP contribution in [0.2, 0.25) is 5.02 Å². The van der Waals surface area contributed by atoms with E-state index in [-0.39, 0.29) is 18.0 Å². The third-order valence-corrected chi connectivity index (χ3v) is 4.08. The van der Waals surface area contributed by atoms with Crippen LogP contribution in [-0.2, 0) is 11.2 Å². The van der Waals surface area contributed by atoms with Crippen LogP contribution < -0.4 is 5.32 Å². The first-order chi connectivity index (χ1) is 11.5. The molecule has 24 heavy (non-hydrogen) atoms. The second kappa shape index (κ2) is 6.37. The Kier molecular flexibility index (Phi) is 4.27. The molecule has 0 radical (unpaired) electrons. The van der Waals surface area contributed by atoms with Crippen LogP contribution in [0.5, 0.6) is 0 Å². The van der Waals surface area contributed by atoms with E-state index in [9.17, 15) is 14.7 Å². The number of para-hydroxylation sites is 1. The number of hydrogen-bond acceptors (Lipinski definition) is 2. The summed E-state index contributed by atoms with van der Waals surface area (Å²) in [6.45, 7) is 1.91. The molecular formula is C18H15ClN2O3. The van der Waals surface area contributed by atoms with Crippen LogP contribution in [-0.4, -0.2) is 22.0 Å². The van der Waals surface area contributed by atoms with E-state index in [1.165, 1.54) is 0 Å². The number of amides is 1. The minimum absolute atomic E-state index is 0.0290. The molecule has 1 heterocycles. The maximum absolute atomic E-state index is 12.4. The Morgan fingerprint density at radius 1 is 1.21 bits per heavy atom. The molecule has 3 rings (SSSR count). The van der Waals surface area contributed by atoms with Crippen LogP contribution in [0.3, 0.4) is 0 Å². The van der Waals surface area contributed by atoms with Crippen LogP contribution >= 0.6 is 11.6 Å². The molecular weight excluding hydrogens is 328 g/mol. The highest BCUT2D eigenvalue weighted by Crippen LogP contribution is 2.25. The lowest BCUT2D eigenvalue weighted by Crippen LogP contribution is -2.16. The molecule has 0 atom stereocenters. The van der Waals surface area contributed by atoms with Gasteiger partial charge < -0.3 is 15.4 Å². The molecule has 3 N–H and O–H groups in total. The van der Waals surface area contributed by atoms with Gasteiger partial charge in [-0.1, -0.05) is 35.9 Å². The van der Waals surface area contributed by atoms with E-state index in [1.54, 1.807) is 36.4 Å². The van der Waals surface area contributed by atoms with Gasteiger partial charge in [-0.25, -0.2) is 4.79 Å². The summed E-state index contributed by atoms with van der Waals surface area (Å²) in [5.74, 6) is -1.42. The number of hydrogen-bond donors (Lipinski definition) is 3. The Morgan fingerprint density at radius 2 is 1.96 bits per heavy atom. The monoisotopic (exact) mass is 342 g/mol. The van der Waals surface area contributed by atoms with Crippen molar-refractivity contribution in [3.8, 4) is 0 Å². The minimum Gasteiger partial charge on any atom is -0.477 e. The minimum atomic E-state index is -1.10. The Morgan fingerprint density at radius 3 is 2.67 bits per heavy atom. The summed E-state index contributed by atoms with van der Waals surface area (Å²) in [6.07, 6.45) is -0.0597. The number of benzene rings is 2. The number of carboxylic acid groups (broad SMARTS) is 1. The van der Waals surface area contributed by atoms with Crippen molar-refractivity contribution in [2.75, 3.05) is 5.32 Å². The van der Waals surface area contributed by atoms with Crippen molar-refractivity contribution in [1.82, 2.24) is 4.98 Å². The Labute approximate surface area is 143 Å². The molecule has 0 aliphatic rings. The predicted molar refractivity (Wildman–Crippen MR) is 93.8 cm³/mol. The normalized spacial score (nSPS) is 10.8. The summed E-state index contributed by atoms with van der Waals surface area (Å²) in [5.41, 5.74) is 2.66. The van der Waals surface area contributed by atoms with Gasteiger partial charge in [0.05, 0.1) is 17.1 Å². The number of carbonyl (C=O) groups excluding carboxylic acids is 1. The molecule has 6 heteroatoms. The fourth-order valence-corrected chi connectivity index (χ4v) is 2.93. The van der Waals surface area contributed by atoms with E-state index in [0.717, 1.165) is 10.9 Å². The number of aromatic carboxylic acids is 1. The van der Waals surface area contributed by atoms with Gasteiger partial charge in [0.2, 0.25) is 5.91 Å². The Balaban J connectivity index is 1.90. The second-order valence-corrected chi connectivity index (χ2v) is 5.94. The molecule has 0 fully saturated rings. The lowest BCUT2D eigenvalue weighted by Gasteiger charge is -2.08. The largest absolute Gasteiger partial charge is 0.477 e. The summed E-state index contributed by atoms with van der Waals surface area (Å²) < 4.78 is 0. The smallest absolute Gasteiger partial charge is 0.352 e. The van der Waals surface area contributed by atoms with Gasteiger partial charge in [-0.2, -0.15) is 0 Å². The maximum atomic E-state index is 12.4. The molecule has 0 saturated heterocycles. The quantitative estimate of drug-likeness (QED) is 0.670. The summed E-state index contributed by atoms with van der Waals surface area (Å²) >= 11 is 6.12. The SMILES string of the molecule is Cc1ccc(NC(=O)Cc2c(C(=O)O)[nH]c3ccccc23)c(Cl)c1. The molecule has 0 aliphatic carbocycles. The topological polar surface area (TPSA) is 82.2 Å². The van der Waals surface area contributed by atoms with Crippen molar-refractivity contribution in [2.24, 2.45) is 0 Å². The first-order valence-corrected chi connectivity index (χ1v) is 7.72. The molecule has 2 aromatic carbocycles. The summed E-state index contributed by atoms with van der Waals surface area (Å²) in [5, 5.41) is 13.3. The number of rotatable bonds is 4. The van der Waals surface area contributed by atoms with Crippen LogP contribution in [0.15, 0.2) is 42.5 Å². The number of aryl methyl sites for hydroxylation is 1. The number of nitrogens with one attached hydrogen (secondary N) is 2. The summed E-state index contributed by atoms with van der Waals surface area (Å²) in [7, 11) is 0. The summed E-state index contributed by atoms with van der Waals surface area (Å²) in [4.78, 5) is 26.6. The van der Waals surface area contributed by atoms with E-state index < -0.39 is 5.97 Å². The molecule has 3 aromatic rings.